The van der Waals surface area contributed by atoms with Crippen LogP contribution < -0.4 is 10.5 Å². The third kappa shape index (κ3) is 2.49. The minimum atomic E-state index is 0.359. The highest BCUT2D eigenvalue weighted by Crippen LogP contribution is 2.31. The van der Waals surface area contributed by atoms with Crippen molar-refractivity contribution in [2.45, 2.75) is 26.3 Å². The first-order valence-corrected chi connectivity index (χ1v) is 6.53. The summed E-state index contributed by atoms with van der Waals surface area (Å²) < 4.78 is 5.09. The van der Waals surface area contributed by atoms with E-state index in [2.05, 4.69) is 28.8 Å². The molecule has 5 nitrogen and oxygen atoms in total. The SMILES string of the molecule is COc1cc(-c2nc(C(C)C)c(CN)s2)ncn1. The number of hydrogen-bond acceptors (Lipinski definition) is 6. The Kier molecular flexibility index (Phi) is 3.88. The van der Waals surface area contributed by atoms with Crippen LogP contribution in [0.3, 0.4) is 0 Å². The number of thiazole rings is 1. The van der Waals surface area contributed by atoms with E-state index in [0.29, 0.717) is 18.3 Å². The van der Waals surface area contributed by atoms with Crippen molar-refractivity contribution in [2.24, 2.45) is 5.73 Å². The monoisotopic (exact) mass is 264 g/mol. The van der Waals surface area contributed by atoms with Crippen molar-refractivity contribution in [1.82, 2.24) is 15.0 Å². The average molecular weight is 264 g/mol. The molecule has 0 spiro atoms. The molecule has 2 rings (SSSR count). The smallest absolute Gasteiger partial charge is 0.216 e. The van der Waals surface area contributed by atoms with E-state index < -0.39 is 0 Å². The molecule has 2 N–H and O–H groups in total. The highest BCUT2D eigenvalue weighted by Gasteiger charge is 2.15. The van der Waals surface area contributed by atoms with Gasteiger partial charge in [-0.1, -0.05) is 13.8 Å². The summed E-state index contributed by atoms with van der Waals surface area (Å²) in [5.74, 6) is 0.896. The van der Waals surface area contributed by atoms with E-state index in [4.69, 9.17) is 10.5 Å². The van der Waals surface area contributed by atoms with Gasteiger partial charge in [-0.05, 0) is 5.92 Å². The highest BCUT2D eigenvalue weighted by molar-refractivity contribution is 7.15. The zero-order valence-electron chi connectivity index (χ0n) is 10.7. The van der Waals surface area contributed by atoms with E-state index in [9.17, 15) is 0 Å². The van der Waals surface area contributed by atoms with Gasteiger partial charge in [0.15, 0.2) is 0 Å². The Labute approximate surface area is 110 Å². The van der Waals surface area contributed by atoms with Crippen molar-refractivity contribution in [1.29, 1.82) is 0 Å². The minimum absolute atomic E-state index is 0.359. The quantitative estimate of drug-likeness (QED) is 0.916. The summed E-state index contributed by atoms with van der Waals surface area (Å²) in [6, 6.07) is 1.78. The van der Waals surface area contributed by atoms with Gasteiger partial charge in [0.25, 0.3) is 0 Å². The summed E-state index contributed by atoms with van der Waals surface area (Å²) in [5.41, 5.74) is 7.57. The number of hydrogen-bond donors (Lipinski definition) is 1. The number of nitrogens with zero attached hydrogens (tertiary/aromatic N) is 3. The number of aromatic nitrogens is 3. The van der Waals surface area contributed by atoms with Crippen molar-refractivity contribution in [3.63, 3.8) is 0 Å². The molecule has 0 bridgehead atoms. The number of ether oxygens (including phenoxy) is 1. The molecule has 0 aliphatic heterocycles. The van der Waals surface area contributed by atoms with Crippen LogP contribution in [0.25, 0.3) is 10.7 Å². The summed E-state index contributed by atoms with van der Waals surface area (Å²) in [7, 11) is 1.58. The lowest BCUT2D eigenvalue weighted by atomic mass is 10.1. The van der Waals surface area contributed by atoms with E-state index in [1.54, 1.807) is 24.5 Å². The predicted octanol–water partition coefficient (Wildman–Crippen LogP) is 2.19. The van der Waals surface area contributed by atoms with Crippen LogP contribution >= 0.6 is 11.3 Å². The van der Waals surface area contributed by atoms with Gasteiger partial charge in [-0.2, -0.15) is 0 Å². The van der Waals surface area contributed by atoms with Crippen molar-refractivity contribution < 1.29 is 4.74 Å². The topological polar surface area (TPSA) is 73.9 Å². The molecule has 0 aliphatic rings. The minimum Gasteiger partial charge on any atom is -0.481 e. The predicted molar refractivity (Wildman–Crippen MR) is 71.7 cm³/mol. The lowest BCUT2D eigenvalue weighted by Gasteiger charge is -2.01. The highest BCUT2D eigenvalue weighted by atomic mass is 32.1. The van der Waals surface area contributed by atoms with Crippen LogP contribution in [0.5, 0.6) is 5.88 Å². The maximum absolute atomic E-state index is 5.75. The van der Waals surface area contributed by atoms with Gasteiger partial charge in [0.05, 0.1) is 12.8 Å². The molecule has 0 saturated heterocycles. The van der Waals surface area contributed by atoms with Gasteiger partial charge in [0.1, 0.15) is 17.0 Å². The van der Waals surface area contributed by atoms with Gasteiger partial charge in [0, 0.05) is 17.5 Å². The normalized spacial score (nSPS) is 10.9. The first-order valence-electron chi connectivity index (χ1n) is 5.71. The molecule has 6 heteroatoms. The number of nitrogens with two attached hydrogens (primary N) is 1. The standard InChI is InChI=1S/C12H16N4OS/c1-7(2)11-9(5-13)18-12(16-11)8-4-10(17-3)15-6-14-8/h4,6-7H,5,13H2,1-3H3. The third-order valence-electron chi connectivity index (χ3n) is 2.53. The zero-order valence-corrected chi connectivity index (χ0v) is 11.5. The van der Waals surface area contributed by atoms with Crippen LogP contribution in [0.1, 0.15) is 30.3 Å². The van der Waals surface area contributed by atoms with E-state index in [0.717, 1.165) is 21.3 Å². The van der Waals surface area contributed by atoms with Crippen molar-refractivity contribution in [3.05, 3.63) is 23.0 Å². The molecule has 0 aliphatic carbocycles. The largest absolute Gasteiger partial charge is 0.481 e. The molecule has 2 aromatic rings. The third-order valence-corrected chi connectivity index (χ3v) is 3.65. The lowest BCUT2D eigenvalue weighted by Crippen LogP contribution is -1.99. The van der Waals surface area contributed by atoms with Crippen LogP contribution in [0, 0.1) is 0 Å². The molecule has 2 aromatic heterocycles. The van der Waals surface area contributed by atoms with Crippen LogP contribution in [0.2, 0.25) is 0 Å². The Hall–Kier alpha value is -1.53. The maximum Gasteiger partial charge on any atom is 0.216 e. The molecule has 0 amide bonds. The number of rotatable bonds is 4. The Morgan fingerprint density at radius 2 is 2.17 bits per heavy atom. The van der Waals surface area contributed by atoms with Gasteiger partial charge in [-0.25, -0.2) is 15.0 Å². The van der Waals surface area contributed by atoms with Crippen LogP contribution in [-0.4, -0.2) is 22.1 Å². The second kappa shape index (κ2) is 5.41. The van der Waals surface area contributed by atoms with Gasteiger partial charge >= 0.3 is 0 Å². The van der Waals surface area contributed by atoms with Gasteiger partial charge < -0.3 is 10.5 Å². The first kappa shape index (κ1) is 12.9. The Morgan fingerprint density at radius 3 is 2.72 bits per heavy atom. The summed E-state index contributed by atoms with van der Waals surface area (Å²) >= 11 is 1.58. The number of methoxy groups -OCH3 is 1. The van der Waals surface area contributed by atoms with Gasteiger partial charge in [-0.3, -0.25) is 0 Å². The van der Waals surface area contributed by atoms with Crippen molar-refractivity contribution in [2.75, 3.05) is 7.11 Å². The Bertz CT molecular complexity index is 539. The molecule has 2 heterocycles. The molecule has 0 radical (unpaired) electrons. The fourth-order valence-corrected chi connectivity index (χ4v) is 2.70. The molecule has 18 heavy (non-hydrogen) atoms. The fraction of sp³-hybridized carbons (Fsp3) is 0.417. The average Bonchev–Trinajstić information content (AvgIpc) is 2.83. The van der Waals surface area contributed by atoms with Crippen LogP contribution in [0.4, 0.5) is 0 Å². The van der Waals surface area contributed by atoms with E-state index in [1.165, 1.54) is 6.33 Å². The zero-order chi connectivity index (χ0) is 13.1. The van der Waals surface area contributed by atoms with E-state index >= 15 is 0 Å². The van der Waals surface area contributed by atoms with E-state index in [1.807, 2.05) is 0 Å². The summed E-state index contributed by atoms with van der Waals surface area (Å²) in [4.78, 5) is 13.9. The summed E-state index contributed by atoms with van der Waals surface area (Å²) in [6.45, 7) is 4.73. The first-order chi connectivity index (χ1) is 8.65. The van der Waals surface area contributed by atoms with Crippen molar-refractivity contribution in [3.8, 4) is 16.6 Å². The molecular weight excluding hydrogens is 248 g/mol. The Balaban J connectivity index is 2.44. The van der Waals surface area contributed by atoms with Gasteiger partial charge in [-0.15, -0.1) is 11.3 Å². The van der Waals surface area contributed by atoms with Gasteiger partial charge in [0.2, 0.25) is 5.88 Å². The molecule has 0 aromatic carbocycles. The molecule has 0 fully saturated rings. The molecule has 0 saturated carbocycles. The fourth-order valence-electron chi connectivity index (χ4n) is 1.64. The molecule has 96 valence electrons. The second-order valence-corrected chi connectivity index (χ2v) is 5.22. The second-order valence-electron chi connectivity index (χ2n) is 4.13. The van der Waals surface area contributed by atoms with Crippen molar-refractivity contribution >= 4 is 11.3 Å². The molecule has 0 unspecified atom stereocenters. The summed E-state index contributed by atoms with van der Waals surface area (Å²) in [5, 5.41) is 0.861. The van der Waals surface area contributed by atoms with Crippen LogP contribution in [-0.2, 0) is 6.54 Å². The molecule has 0 atom stereocenters. The van der Waals surface area contributed by atoms with Crippen LogP contribution in [0.15, 0.2) is 12.4 Å². The summed E-state index contributed by atoms with van der Waals surface area (Å²) in [6.07, 6.45) is 1.48. The maximum atomic E-state index is 5.75. The molecular formula is C12H16N4OS. The Morgan fingerprint density at radius 1 is 1.39 bits per heavy atom. The van der Waals surface area contributed by atoms with E-state index in [-0.39, 0.29) is 0 Å². The lowest BCUT2D eigenvalue weighted by molar-refractivity contribution is 0.397.